The van der Waals surface area contributed by atoms with Crippen molar-refractivity contribution in [1.29, 1.82) is 5.41 Å². The lowest BCUT2D eigenvalue weighted by Crippen LogP contribution is -2.54. The number of amides is 2. The quantitative estimate of drug-likeness (QED) is 0.131. The summed E-state index contributed by atoms with van der Waals surface area (Å²) in [4.78, 5) is 49.8. The molecule has 0 unspecified atom stereocenters. The molecule has 0 aliphatic carbocycles. The molecule has 2 amide bonds. The molecule has 3 rings (SSSR count). The average Bonchev–Trinajstić information content (AvgIpc) is 2.91. The van der Waals surface area contributed by atoms with Gasteiger partial charge in [-0.15, -0.1) is 0 Å². The van der Waals surface area contributed by atoms with Gasteiger partial charge in [-0.1, -0.05) is 18.2 Å². The first-order chi connectivity index (χ1) is 19.3. The third kappa shape index (κ3) is 10.6. The number of amidine groups is 1. The van der Waals surface area contributed by atoms with E-state index >= 15 is 0 Å². The summed E-state index contributed by atoms with van der Waals surface area (Å²) in [7, 11) is -4.03. The molecule has 15 heteroatoms. The highest BCUT2D eigenvalue weighted by atomic mass is 32.2. The molecule has 0 aromatic heterocycles. The fourth-order valence-electron chi connectivity index (χ4n) is 3.70. The number of hydrogen-bond acceptors (Lipinski definition) is 9. The van der Waals surface area contributed by atoms with Crippen molar-refractivity contribution >= 4 is 45.3 Å². The summed E-state index contributed by atoms with van der Waals surface area (Å²) in [6, 6.07) is 13.0. The molecule has 0 spiro atoms. The summed E-state index contributed by atoms with van der Waals surface area (Å²) in [5.74, 6) is -2.39. The van der Waals surface area contributed by atoms with Crippen LogP contribution in [0.5, 0.6) is 0 Å². The largest absolute Gasteiger partial charge is 0.481 e. The van der Waals surface area contributed by atoms with Crippen molar-refractivity contribution in [3.63, 3.8) is 0 Å². The zero-order valence-corrected chi connectivity index (χ0v) is 23.5. The Morgan fingerprint density at radius 1 is 1.10 bits per heavy atom. The molecule has 1 fully saturated rings. The van der Waals surface area contributed by atoms with Gasteiger partial charge in [-0.05, 0) is 43.3 Å². The molecule has 0 saturated carbocycles. The van der Waals surface area contributed by atoms with Crippen LogP contribution >= 0.6 is 0 Å². The lowest BCUT2D eigenvalue weighted by molar-refractivity contribution is -0.145. The standard InChI is InChI=1S/C24H30N6O6S.C2H4O2/c1-2-36-24(33)20(28-37(34,35)19-6-4-3-5-7-19)14-27-21(31)15-29-12-13-30(22(32)16-29)18-10-8-17(9-11-18)23(25)26;1-2(3)4/h3-11,20,28H,2,12-16H2,1H3,(H3,25,26)(H,27,31);1H3,(H,3,4)/t20-;/m0./s1. The number of carboxylic acid groups (broad SMARTS) is 1. The Labute approximate surface area is 238 Å². The van der Waals surface area contributed by atoms with Crippen LogP contribution in [0.25, 0.3) is 0 Å². The van der Waals surface area contributed by atoms with Gasteiger partial charge in [-0.3, -0.25) is 29.5 Å². The molecule has 0 bridgehead atoms. The van der Waals surface area contributed by atoms with Crippen LogP contribution < -0.4 is 20.7 Å². The number of carbonyl (C=O) groups is 4. The number of hydrogen-bond donors (Lipinski definition) is 5. The number of esters is 1. The van der Waals surface area contributed by atoms with Gasteiger partial charge < -0.3 is 25.8 Å². The Hall–Kier alpha value is -4.34. The minimum Gasteiger partial charge on any atom is -0.481 e. The molecular formula is C26H34N6O8S. The summed E-state index contributed by atoms with van der Waals surface area (Å²) < 4.78 is 32.5. The van der Waals surface area contributed by atoms with Gasteiger partial charge in [0.2, 0.25) is 21.8 Å². The number of piperazine rings is 1. The number of sulfonamides is 1. The topological polar surface area (TPSA) is 212 Å². The highest BCUT2D eigenvalue weighted by molar-refractivity contribution is 7.89. The van der Waals surface area contributed by atoms with Crippen molar-refractivity contribution in [3.05, 3.63) is 60.2 Å². The summed E-state index contributed by atoms with van der Waals surface area (Å²) in [5.41, 5.74) is 6.69. The molecule has 1 aliphatic rings. The average molecular weight is 591 g/mol. The number of nitrogens with two attached hydrogens (primary N) is 1. The number of nitrogens with zero attached hydrogens (tertiary/aromatic N) is 2. The van der Waals surface area contributed by atoms with E-state index in [9.17, 15) is 22.8 Å². The summed E-state index contributed by atoms with van der Waals surface area (Å²) in [5, 5.41) is 17.4. The number of benzene rings is 2. The monoisotopic (exact) mass is 590 g/mol. The first-order valence-electron chi connectivity index (χ1n) is 12.5. The molecule has 2 aromatic carbocycles. The van der Waals surface area contributed by atoms with E-state index in [2.05, 4.69) is 10.0 Å². The molecule has 41 heavy (non-hydrogen) atoms. The number of nitrogens with one attached hydrogen (secondary N) is 3. The lowest BCUT2D eigenvalue weighted by atomic mass is 10.1. The normalized spacial score (nSPS) is 14.3. The Bertz CT molecular complexity index is 1330. The number of carbonyl (C=O) groups excluding carboxylic acids is 3. The van der Waals surface area contributed by atoms with Crippen LogP contribution in [-0.4, -0.2) is 93.4 Å². The number of ether oxygens (including phenoxy) is 1. The fraction of sp³-hybridized carbons (Fsp3) is 0.346. The predicted molar refractivity (Wildman–Crippen MR) is 150 cm³/mol. The van der Waals surface area contributed by atoms with Crippen LogP contribution in [0, 0.1) is 5.41 Å². The van der Waals surface area contributed by atoms with E-state index in [4.69, 9.17) is 25.8 Å². The Morgan fingerprint density at radius 3 is 2.24 bits per heavy atom. The second-order valence-electron chi connectivity index (χ2n) is 8.78. The minimum absolute atomic E-state index is 0.00379. The minimum atomic E-state index is -4.03. The second kappa shape index (κ2) is 15.4. The first-order valence-corrected chi connectivity index (χ1v) is 14.0. The Kier molecular flexibility index (Phi) is 12.4. The molecular weight excluding hydrogens is 556 g/mol. The van der Waals surface area contributed by atoms with Gasteiger partial charge in [0.25, 0.3) is 5.97 Å². The van der Waals surface area contributed by atoms with Crippen molar-refractivity contribution in [3.8, 4) is 0 Å². The molecule has 1 atom stereocenters. The van der Waals surface area contributed by atoms with Crippen LogP contribution in [0.2, 0.25) is 0 Å². The van der Waals surface area contributed by atoms with Gasteiger partial charge in [0.1, 0.15) is 11.9 Å². The lowest BCUT2D eigenvalue weighted by Gasteiger charge is -2.34. The van der Waals surface area contributed by atoms with Crippen LogP contribution in [-0.2, 0) is 33.9 Å². The van der Waals surface area contributed by atoms with Crippen LogP contribution in [0.4, 0.5) is 5.69 Å². The number of rotatable bonds is 11. The maximum Gasteiger partial charge on any atom is 0.326 e. The van der Waals surface area contributed by atoms with Gasteiger partial charge in [0.05, 0.1) is 24.6 Å². The number of anilines is 1. The van der Waals surface area contributed by atoms with Crippen molar-refractivity contribution in [2.75, 3.05) is 44.2 Å². The van der Waals surface area contributed by atoms with Crippen LogP contribution in [0.3, 0.4) is 0 Å². The first kappa shape index (κ1) is 32.9. The van der Waals surface area contributed by atoms with E-state index in [1.54, 1.807) is 59.2 Å². The number of aliphatic carboxylic acids is 1. The Morgan fingerprint density at radius 2 is 1.71 bits per heavy atom. The molecule has 1 saturated heterocycles. The van der Waals surface area contributed by atoms with Gasteiger partial charge in [0, 0.05) is 37.8 Å². The van der Waals surface area contributed by atoms with E-state index in [0.29, 0.717) is 24.3 Å². The van der Waals surface area contributed by atoms with E-state index in [1.165, 1.54) is 12.1 Å². The van der Waals surface area contributed by atoms with E-state index in [1.807, 2.05) is 0 Å². The fourth-order valence-corrected chi connectivity index (χ4v) is 4.90. The van der Waals surface area contributed by atoms with Crippen molar-refractivity contribution < 1.29 is 37.4 Å². The molecule has 222 valence electrons. The van der Waals surface area contributed by atoms with E-state index < -0.39 is 33.9 Å². The maximum absolute atomic E-state index is 12.7. The van der Waals surface area contributed by atoms with Crippen molar-refractivity contribution in [2.24, 2.45) is 5.73 Å². The van der Waals surface area contributed by atoms with Gasteiger partial charge >= 0.3 is 5.97 Å². The van der Waals surface area contributed by atoms with E-state index in [-0.39, 0.29) is 42.9 Å². The van der Waals surface area contributed by atoms with Gasteiger partial charge in [-0.25, -0.2) is 8.42 Å². The van der Waals surface area contributed by atoms with Crippen molar-refractivity contribution in [1.82, 2.24) is 14.9 Å². The second-order valence-corrected chi connectivity index (χ2v) is 10.5. The zero-order valence-electron chi connectivity index (χ0n) is 22.7. The highest BCUT2D eigenvalue weighted by Crippen LogP contribution is 2.18. The third-order valence-electron chi connectivity index (χ3n) is 5.58. The molecule has 2 aromatic rings. The smallest absolute Gasteiger partial charge is 0.326 e. The molecule has 1 heterocycles. The molecule has 6 N–H and O–H groups in total. The van der Waals surface area contributed by atoms with E-state index in [0.717, 1.165) is 6.92 Å². The molecule has 1 aliphatic heterocycles. The highest BCUT2D eigenvalue weighted by Gasteiger charge is 2.29. The summed E-state index contributed by atoms with van der Waals surface area (Å²) >= 11 is 0. The number of carboxylic acids is 1. The Balaban J connectivity index is 0.00000138. The third-order valence-corrected chi connectivity index (χ3v) is 7.07. The summed E-state index contributed by atoms with van der Waals surface area (Å²) in [6.45, 7) is 3.07. The van der Waals surface area contributed by atoms with Gasteiger partial charge in [-0.2, -0.15) is 4.72 Å². The summed E-state index contributed by atoms with van der Waals surface area (Å²) in [6.07, 6.45) is 0. The maximum atomic E-state index is 12.7. The SMILES string of the molecule is CC(=O)O.CCOC(=O)[C@H](CNC(=O)CN1CCN(c2ccc(C(=N)N)cc2)C(=O)C1)NS(=O)(=O)c1ccccc1. The van der Waals surface area contributed by atoms with Crippen molar-refractivity contribution in [2.45, 2.75) is 24.8 Å². The molecule has 0 radical (unpaired) electrons. The van der Waals surface area contributed by atoms with Gasteiger partial charge in [0.15, 0.2) is 0 Å². The predicted octanol–water partition coefficient (Wildman–Crippen LogP) is -0.263. The molecule has 14 nitrogen and oxygen atoms in total. The zero-order chi connectivity index (χ0) is 30.6. The number of nitrogen functional groups attached to an aromatic ring is 1. The van der Waals surface area contributed by atoms with Crippen LogP contribution in [0.1, 0.15) is 19.4 Å². The van der Waals surface area contributed by atoms with Crippen LogP contribution in [0.15, 0.2) is 59.5 Å².